The van der Waals surface area contributed by atoms with Crippen LogP contribution in [0.4, 0.5) is 0 Å². The minimum absolute atomic E-state index is 0.0204. The fraction of sp³-hybridized carbons (Fsp3) is 0.824. The number of nitrogens with zero attached hydrogens (tertiary/aromatic N) is 3. The Hall–Kier alpha value is -1.67. The number of aliphatic imine (C=N–C) groups is 2. The van der Waals surface area contributed by atoms with Gasteiger partial charge in [-0.25, -0.2) is 0 Å². The number of ether oxygens (including phenoxy) is 1. The molecule has 4 N–H and O–H groups in total. The van der Waals surface area contributed by atoms with E-state index in [1.54, 1.807) is 7.05 Å². The van der Waals surface area contributed by atoms with Gasteiger partial charge in [-0.1, -0.05) is 0 Å². The van der Waals surface area contributed by atoms with Gasteiger partial charge in [0, 0.05) is 32.1 Å². The molecule has 2 fully saturated rings. The van der Waals surface area contributed by atoms with E-state index in [0.717, 1.165) is 25.1 Å². The first-order valence-electron chi connectivity index (χ1n) is 9.07. The predicted molar refractivity (Wildman–Crippen MR) is 97.8 cm³/mol. The topological polar surface area (TPSA) is 113 Å². The van der Waals surface area contributed by atoms with Crippen LogP contribution < -0.4 is 11.1 Å². The molecule has 0 spiro atoms. The molecule has 142 valence electrons. The van der Waals surface area contributed by atoms with E-state index in [4.69, 9.17) is 15.6 Å². The number of aliphatic hydroxyl groups excluding tert-OH is 1. The number of nitrogens with one attached hydrogen (secondary N) is 1. The van der Waals surface area contributed by atoms with E-state index in [1.165, 1.54) is 0 Å². The fourth-order valence-corrected chi connectivity index (χ4v) is 3.43. The van der Waals surface area contributed by atoms with E-state index < -0.39 is 0 Å². The molecule has 8 nitrogen and oxygen atoms in total. The van der Waals surface area contributed by atoms with Crippen molar-refractivity contribution in [1.29, 1.82) is 0 Å². The Morgan fingerprint density at radius 2 is 2.12 bits per heavy atom. The van der Waals surface area contributed by atoms with Gasteiger partial charge in [0.05, 0.1) is 32.3 Å². The van der Waals surface area contributed by atoms with Crippen LogP contribution in [0.5, 0.6) is 0 Å². The highest BCUT2D eigenvalue weighted by atomic mass is 16.5. The zero-order valence-corrected chi connectivity index (χ0v) is 15.3. The minimum Gasteiger partial charge on any atom is -0.394 e. The maximum absolute atomic E-state index is 12.6. The first kappa shape index (κ1) is 19.7. The second kappa shape index (κ2) is 9.72. The summed E-state index contributed by atoms with van der Waals surface area (Å²) in [5.74, 6) is 1.43. The minimum atomic E-state index is -0.134. The number of nitrogens with two attached hydrogens (primary N) is 1. The van der Waals surface area contributed by atoms with Gasteiger partial charge in [-0.2, -0.15) is 0 Å². The first-order valence-corrected chi connectivity index (χ1v) is 9.07. The molecule has 3 atom stereocenters. The van der Waals surface area contributed by atoms with E-state index in [0.29, 0.717) is 38.7 Å². The van der Waals surface area contributed by atoms with Crippen LogP contribution in [-0.2, 0) is 9.53 Å². The van der Waals surface area contributed by atoms with Gasteiger partial charge in [0.1, 0.15) is 11.7 Å². The van der Waals surface area contributed by atoms with Gasteiger partial charge in [-0.05, 0) is 26.2 Å². The van der Waals surface area contributed by atoms with Gasteiger partial charge in [0.15, 0.2) is 0 Å². The van der Waals surface area contributed by atoms with Gasteiger partial charge < -0.3 is 25.8 Å². The summed E-state index contributed by atoms with van der Waals surface area (Å²) in [5, 5.41) is 12.3. The molecule has 0 aromatic rings. The van der Waals surface area contributed by atoms with Crippen molar-refractivity contribution in [3.05, 3.63) is 0 Å². The maximum Gasteiger partial charge on any atom is 0.225 e. The number of carbonyl (C=O) groups is 1. The quantitative estimate of drug-likeness (QED) is 0.445. The summed E-state index contributed by atoms with van der Waals surface area (Å²) in [4.78, 5) is 23.0. The average Bonchev–Trinajstić information content (AvgIpc) is 3.12. The lowest BCUT2D eigenvalue weighted by Crippen LogP contribution is -2.44. The highest BCUT2D eigenvalue weighted by molar-refractivity contribution is 6.04. The number of hydrogen-bond donors (Lipinski definition) is 3. The van der Waals surface area contributed by atoms with Crippen molar-refractivity contribution < 1.29 is 14.6 Å². The van der Waals surface area contributed by atoms with E-state index in [-0.39, 0.29) is 30.4 Å². The fourth-order valence-electron chi connectivity index (χ4n) is 3.43. The smallest absolute Gasteiger partial charge is 0.225 e. The molecule has 1 saturated carbocycles. The Bertz CT molecular complexity index is 503. The van der Waals surface area contributed by atoms with Crippen LogP contribution in [0.2, 0.25) is 0 Å². The molecular weight excluding hydrogens is 322 g/mol. The molecule has 0 radical (unpaired) electrons. The third kappa shape index (κ3) is 5.40. The van der Waals surface area contributed by atoms with Crippen LogP contribution in [0, 0.1) is 11.8 Å². The van der Waals surface area contributed by atoms with Crippen LogP contribution in [-0.4, -0.2) is 80.1 Å². The van der Waals surface area contributed by atoms with Gasteiger partial charge in [-0.15, -0.1) is 0 Å². The molecule has 1 aliphatic carbocycles. The summed E-state index contributed by atoms with van der Waals surface area (Å²) in [6.07, 6.45) is 2.66. The Kier molecular flexibility index (Phi) is 7.64. The van der Waals surface area contributed by atoms with Gasteiger partial charge >= 0.3 is 0 Å². The molecule has 1 amide bonds. The largest absolute Gasteiger partial charge is 0.394 e. The molecular formula is C17H31N5O3. The number of morpholine rings is 1. The normalized spacial score (nSPS) is 26.6. The standard InChI is InChI=1S/C17H31N5O3/c1-12(15(18)20-5-8-23)16(19-2)21-14-4-3-13(11-14)17(24)22-6-9-25-10-7-22/h12-14,23H,3-11H2,1-2H3,(H2,18,20)(H,19,21). The lowest BCUT2D eigenvalue weighted by atomic mass is 10.1. The number of carbonyl (C=O) groups excluding carboxylic acids is 1. The summed E-state index contributed by atoms with van der Waals surface area (Å²) in [5.41, 5.74) is 5.97. The molecule has 0 aromatic heterocycles. The summed E-state index contributed by atoms with van der Waals surface area (Å²) < 4.78 is 5.32. The van der Waals surface area contributed by atoms with Crippen molar-refractivity contribution in [3.8, 4) is 0 Å². The van der Waals surface area contributed by atoms with E-state index >= 15 is 0 Å². The summed E-state index contributed by atoms with van der Waals surface area (Å²) in [7, 11) is 1.73. The van der Waals surface area contributed by atoms with E-state index in [9.17, 15) is 4.79 Å². The van der Waals surface area contributed by atoms with Gasteiger partial charge in [0.2, 0.25) is 5.91 Å². The molecule has 2 rings (SSSR count). The lowest BCUT2D eigenvalue weighted by molar-refractivity contribution is -0.139. The first-order chi connectivity index (χ1) is 12.1. The Morgan fingerprint density at radius 1 is 1.40 bits per heavy atom. The zero-order valence-electron chi connectivity index (χ0n) is 15.3. The van der Waals surface area contributed by atoms with Crippen molar-refractivity contribution >= 4 is 17.6 Å². The third-order valence-corrected chi connectivity index (χ3v) is 4.95. The SMILES string of the molecule is CN=C(NC1CCC(C(=O)N2CCOCC2)C1)C(C)C(N)=NCCO. The van der Waals surface area contributed by atoms with Gasteiger partial charge in [-0.3, -0.25) is 14.8 Å². The molecule has 3 unspecified atom stereocenters. The molecule has 1 saturated heterocycles. The Morgan fingerprint density at radius 3 is 2.76 bits per heavy atom. The second-order valence-corrected chi connectivity index (χ2v) is 6.65. The number of amides is 1. The number of hydrogen-bond acceptors (Lipinski definition) is 5. The molecule has 1 heterocycles. The molecule has 8 heteroatoms. The molecule has 2 aliphatic rings. The summed E-state index contributed by atoms with van der Waals surface area (Å²) in [6.45, 7) is 4.89. The monoisotopic (exact) mass is 353 g/mol. The lowest BCUT2D eigenvalue weighted by Gasteiger charge is -2.29. The number of rotatable bonds is 6. The highest BCUT2D eigenvalue weighted by Gasteiger charge is 2.34. The number of aliphatic hydroxyl groups is 1. The van der Waals surface area contributed by atoms with E-state index in [2.05, 4.69) is 15.3 Å². The maximum atomic E-state index is 12.6. The summed E-state index contributed by atoms with van der Waals surface area (Å²) in [6, 6.07) is 0.224. The average molecular weight is 353 g/mol. The van der Waals surface area contributed by atoms with Crippen molar-refractivity contribution in [1.82, 2.24) is 10.2 Å². The third-order valence-electron chi connectivity index (χ3n) is 4.95. The predicted octanol–water partition coefficient (Wildman–Crippen LogP) is -0.383. The second-order valence-electron chi connectivity index (χ2n) is 6.65. The van der Waals surface area contributed by atoms with Gasteiger partial charge in [0.25, 0.3) is 0 Å². The van der Waals surface area contributed by atoms with Crippen LogP contribution in [0.25, 0.3) is 0 Å². The summed E-state index contributed by atoms with van der Waals surface area (Å²) >= 11 is 0. The van der Waals surface area contributed by atoms with E-state index in [1.807, 2.05) is 11.8 Å². The van der Waals surface area contributed by atoms with Crippen LogP contribution >= 0.6 is 0 Å². The molecule has 1 aliphatic heterocycles. The molecule has 25 heavy (non-hydrogen) atoms. The highest BCUT2D eigenvalue weighted by Crippen LogP contribution is 2.28. The molecule has 0 bridgehead atoms. The Labute approximate surface area is 149 Å². The number of amidine groups is 2. The van der Waals surface area contributed by atoms with Crippen molar-refractivity contribution in [2.45, 2.75) is 32.2 Å². The Balaban J connectivity index is 1.87. The van der Waals surface area contributed by atoms with Crippen LogP contribution in [0.3, 0.4) is 0 Å². The van der Waals surface area contributed by atoms with Crippen molar-refractivity contribution in [2.75, 3.05) is 46.5 Å². The van der Waals surface area contributed by atoms with Crippen molar-refractivity contribution in [2.24, 2.45) is 27.6 Å². The molecule has 0 aromatic carbocycles. The zero-order chi connectivity index (χ0) is 18.2. The van der Waals surface area contributed by atoms with Crippen molar-refractivity contribution in [3.63, 3.8) is 0 Å². The van der Waals surface area contributed by atoms with Crippen LogP contribution in [0.1, 0.15) is 26.2 Å². The van der Waals surface area contributed by atoms with Crippen LogP contribution in [0.15, 0.2) is 9.98 Å².